The highest BCUT2D eigenvalue weighted by molar-refractivity contribution is 6.31. The Kier molecular flexibility index (Phi) is 8.01. The SMILES string of the molecule is CN(CCn1nc(-c2ccc(Cl)cc2)c2c(N)ncnc21)CC(=O)Nc1ccc2ncnc(Nc3cccc(Cl)c3)c2c1. The lowest BCUT2D eigenvalue weighted by atomic mass is 10.1. The summed E-state index contributed by atoms with van der Waals surface area (Å²) >= 11 is 12.2. The maximum atomic E-state index is 13.0. The van der Waals surface area contributed by atoms with Crippen molar-refractivity contribution in [3.05, 3.63) is 89.4 Å². The van der Waals surface area contributed by atoms with Crippen molar-refractivity contribution in [1.82, 2.24) is 34.6 Å². The Balaban J connectivity index is 1.13. The molecule has 0 spiro atoms. The molecule has 0 bridgehead atoms. The van der Waals surface area contributed by atoms with E-state index in [2.05, 4.69) is 30.6 Å². The van der Waals surface area contributed by atoms with Crippen molar-refractivity contribution in [2.75, 3.05) is 36.5 Å². The highest BCUT2D eigenvalue weighted by Crippen LogP contribution is 2.31. The fourth-order valence-electron chi connectivity index (χ4n) is 4.72. The summed E-state index contributed by atoms with van der Waals surface area (Å²) in [7, 11) is 1.87. The van der Waals surface area contributed by atoms with Gasteiger partial charge in [-0.05, 0) is 55.6 Å². The predicted octanol–water partition coefficient (Wildman–Crippen LogP) is 5.64. The van der Waals surface area contributed by atoms with Crippen LogP contribution in [0, 0.1) is 0 Å². The smallest absolute Gasteiger partial charge is 0.238 e. The van der Waals surface area contributed by atoms with Crippen LogP contribution in [0.1, 0.15) is 0 Å². The highest BCUT2D eigenvalue weighted by atomic mass is 35.5. The molecule has 0 aliphatic heterocycles. The molecule has 6 aromatic rings. The van der Waals surface area contributed by atoms with Crippen molar-refractivity contribution in [2.45, 2.75) is 6.54 Å². The van der Waals surface area contributed by atoms with E-state index < -0.39 is 0 Å². The number of likely N-dealkylation sites (N-methyl/N-ethyl adjacent to an activating group) is 1. The summed E-state index contributed by atoms with van der Waals surface area (Å²) in [6, 6.07) is 20.2. The number of nitrogens with zero attached hydrogens (tertiary/aromatic N) is 7. The molecular weight excluding hydrogens is 587 g/mol. The van der Waals surface area contributed by atoms with Gasteiger partial charge in [0.05, 0.1) is 24.0 Å². The number of nitrogens with one attached hydrogen (secondary N) is 2. The lowest BCUT2D eigenvalue weighted by Crippen LogP contribution is -2.32. The second-order valence-electron chi connectivity index (χ2n) is 9.91. The Morgan fingerprint density at radius 3 is 2.56 bits per heavy atom. The fraction of sp³-hybridized carbons (Fsp3) is 0.133. The Hall–Kier alpha value is -4.84. The number of benzene rings is 3. The number of nitrogen functional groups attached to an aromatic ring is 1. The van der Waals surface area contributed by atoms with Crippen LogP contribution >= 0.6 is 23.2 Å². The van der Waals surface area contributed by atoms with Gasteiger partial charge in [0.15, 0.2) is 5.65 Å². The van der Waals surface area contributed by atoms with Crippen LogP contribution in [0.25, 0.3) is 33.2 Å². The minimum absolute atomic E-state index is 0.164. The van der Waals surface area contributed by atoms with E-state index in [0.717, 1.165) is 22.2 Å². The third-order valence-electron chi connectivity index (χ3n) is 6.79. The number of carbonyl (C=O) groups is 1. The van der Waals surface area contributed by atoms with E-state index in [1.54, 1.807) is 22.9 Å². The minimum Gasteiger partial charge on any atom is -0.383 e. The number of hydrogen-bond donors (Lipinski definition) is 3. The zero-order chi connectivity index (χ0) is 29.9. The van der Waals surface area contributed by atoms with Crippen molar-refractivity contribution in [1.29, 1.82) is 0 Å². The molecule has 43 heavy (non-hydrogen) atoms. The van der Waals surface area contributed by atoms with Crippen molar-refractivity contribution >= 4 is 74.1 Å². The first-order valence-corrected chi connectivity index (χ1v) is 14.1. The molecule has 13 heteroatoms. The lowest BCUT2D eigenvalue weighted by molar-refractivity contribution is -0.117. The number of nitrogens with two attached hydrogens (primary N) is 1. The number of carbonyl (C=O) groups excluding carboxylic acids is 1. The monoisotopic (exact) mass is 612 g/mol. The molecule has 3 heterocycles. The highest BCUT2D eigenvalue weighted by Gasteiger charge is 2.18. The molecule has 0 fully saturated rings. The predicted molar refractivity (Wildman–Crippen MR) is 171 cm³/mol. The molecule has 0 atom stereocenters. The van der Waals surface area contributed by atoms with Crippen molar-refractivity contribution < 1.29 is 4.79 Å². The number of amides is 1. The first kappa shape index (κ1) is 28.3. The van der Waals surface area contributed by atoms with Gasteiger partial charge in [0.2, 0.25) is 5.91 Å². The van der Waals surface area contributed by atoms with Gasteiger partial charge in [0, 0.05) is 38.9 Å². The van der Waals surface area contributed by atoms with E-state index in [9.17, 15) is 4.79 Å². The van der Waals surface area contributed by atoms with Crippen LogP contribution in [0.5, 0.6) is 0 Å². The second kappa shape index (κ2) is 12.2. The van der Waals surface area contributed by atoms with Gasteiger partial charge in [-0.1, -0.05) is 41.4 Å². The molecule has 0 aliphatic rings. The molecule has 0 radical (unpaired) electrons. The molecule has 11 nitrogen and oxygen atoms in total. The molecule has 0 saturated heterocycles. The van der Waals surface area contributed by atoms with E-state index in [1.807, 2.05) is 60.5 Å². The van der Waals surface area contributed by atoms with Crippen LogP contribution in [0.4, 0.5) is 23.0 Å². The third-order valence-corrected chi connectivity index (χ3v) is 7.28. The number of halogens is 2. The minimum atomic E-state index is -0.165. The van der Waals surface area contributed by atoms with E-state index >= 15 is 0 Å². The van der Waals surface area contributed by atoms with Crippen molar-refractivity contribution in [3.63, 3.8) is 0 Å². The molecule has 4 N–H and O–H groups in total. The average molecular weight is 614 g/mol. The summed E-state index contributed by atoms with van der Waals surface area (Å²) in [5.41, 5.74) is 10.5. The van der Waals surface area contributed by atoms with Gasteiger partial charge >= 0.3 is 0 Å². The van der Waals surface area contributed by atoms with E-state index in [0.29, 0.717) is 57.2 Å². The summed E-state index contributed by atoms with van der Waals surface area (Å²) in [6.07, 6.45) is 2.91. The van der Waals surface area contributed by atoms with Crippen LogP contribution in [-0.4, -0.2) is 60.7 Å². The van der Waals surface area contributed by atoms with Gasteiger partial charge in [-0.3, -0.25) is 9.69 Å². The number of aromatic nitrogens is 6. The number of anilines is 4. The van der Waals surface area contributed by atoms with E-state index in [-0.39, 0.29) is 12.5 Å². The first-order chi connectivity index (χ1) is 20.8. The van der Waals surface area contributed by atoms with Gasteiger partial charge < -0.3 is 16.4 Å². The zero-order valence-electron chi connectivity index (χ0n) is 23.0. The van der Waals surface area contributed by atoms with E-state index in [4.69, 9.17) is 34.0 Å². The Labute approximate surface area is 256 Å². The zero-order valence-corrected chi connectivity index (χ0v) is 24.5. The summed E-state index contributed by atoms with van der Waals surface area (Å²) in [4.78, 5) is 32.2. The van der Waals surface area contributed by atoms with Crippen LogP contribution in [0.2, 0.25) is 10.0 Å². The van der Waals surface area contributed by atoms with Gasteiger partial charge in [-0.2, -0.15) is 5.10 Å². The topological polar surface area (TPSA) is 140 Å². The van der Waals surface area contributed by atoms with Crippen LogP contribution < -0.4 is 16.4 Å². The maximum Gasteiger partial charge on any atom is 0.238 e. The van der Waals surface area contributed by atoms with Crippen LogP contribution in [-0.2, 0) is 11.3 Å². The number of fused-ring (bicyclic) bond motifs is 2. The standard InChI is InChI=1S/C30H26Cl2N10O/c1-41(11-12-42-30-26(28(33)35-17-37-30)27(40-42)18-5-7-19(31)8-6-18)15-25(43)38-22-9-10-24-23(14-22)29(36-16-34-24)39-21-4-2-3-20(32)13-21/h2-10,13-14,16-17H,11-12,15H2,1H3,(H,38,43)(H2,33,35,37)(H,34,36,39). The van der Waals surface area contributed by atoms with Gasteiger partial charge in [-0.15, -0.1) is 0 Å². The molecule has 0 unspecified atom stereocenters. The van der Waals surface area contributed by atoms with Gasteiger partial charge in [0.1, 0.15) is 30.0 Å². The third kappa shape index (κ3) is 6.33. The summed E-state index contributed by atoms with van der Waals surface area (Å²) in [5.74, 6) is 0.789. The Morgan fingerprint density at radius 2 is 1.74 bits per heavy atom. The molecule has 6 rings (SSSR count). The molecule has 3 aromatic heterocycles. The normalized spacial score (nSPS) is 11.3. The largest absolute Gasteiger partial charge is 0.383 e. The lowest BCUT2D eigenvalue weighted by Gasteiger charge is -2.17. The summed E-state index contributed by atoms with van der Waals surface area (Å²) < 4.78 is 1.78. The van der Waals surface area contributed by atoms with Crippen LogP contribution in [0.15, 0.2) is 79.4 Å². The number of rotatable bonds is 9. The van der Waals surface area contributed by atoms with E-state index in [1.165, 1.54) is 12.7 Å². The molecule has 216 valence electrons. The van der Waals surface area contributed by atoms with Gasteiger partial charge in [0.25, 0.3) is 0 Å². The summed E-state index contributed by atoms with van der Waals surface area (Å²) in [6.45, 7) is 1.18. The Bertz CT molecular complexity index is 1940. The summed E-state index contributed by atoms with van der Waals surface area (Å²) in [5, 5.41) is 13.7. The molecule has 1 amide bonds. The van der Waals surface area contributed by atoms with Gasteiger partial charge in [-0.25, -0.2) is 24.6 Å². The number of hydrogen-bond acceptors (Lipinski definition) is 9. The fourth-order valence-corrected chi connectivity index (χ4v) is 5.04. The Morgan fingerprint density at radius 1 is 0.930 bits per heavy atom. The van der Waals surface area contributed by atoms with Crippen LogP contribution in [0.3, 0.4) is 0 Å². The maximum absolute atomic E-state index is 13.0. The first-order valence-electron chi connectivity index (χ1n) is 13.3. The molecule has 3 aromatic carbocycles. The van der Waals surface area contributed by atoms with Crippen molar-refractivity contribution in [3.8, 4) is 11.3 Å². The van der Waals surface area contributed by atoms with Crippen molar-refractivity contribution in [2.24, 2.45) is 0 Å². The average Bonchev–Trinajstić information content (AvgIpc) is 3.36. The molecular formula is C30H26Cl2N10O. The quantitative estimate of drug-likeness (QED) is 0.189. The second-order valence-corrected chi connectivity index (χ2v) is 10.8. The molecule has 0 saturated carbocycles. The molecule has 0 aliphatic carbocycles.